The second-order valence-corrected chi connectivity index (χ2v) is 7.27. The van der Waals surface area contributed by atoms with Crippen LogP contribution in [0.15, 0.2) is 45.0 Å². The number of hydrogen-bond acceptors (Lipinski definition) is 6. The van der Waals surface area contributed by atoms with Gasteiger partial charge in [-0.2, -0.15) is 0 Å². The molecule has 9 heteroatoms. The van der Waals surface area contributed by atoms with Crippen molar-refractivity contribution in [3.05, 3.63) is 46.8 Å². The highest BCUT2D eigenvalue weighted by atomic mass is 32.2. The molecular formula is C17H18N4O4S. The molecular weight excluding hydrogens is 356 g/mol. The van der Waals surface area contributed by atoms with Gasteiger partial charge in [0.2, 0.25) is 5.91 Å². The smallest absolute Gasteiger partial charge is 0.289 e. The van der Waals surface area contributed by atoms with Crippen LogP contribution in [0.4, 0.5) is 0 Å². The van der Waals surface area contributed by atoms with Crippen LogP contribution in [-0.4, -0.2) is 63.1 Å². The maximum atomic E-state index is 12.8. The SMILES string of the molecule is O=C(c1ccco1)N1CCN(C(=O)C2CSc3nccc(=O)n3C2)CC1. The standard InChI is InChI=1S/C17H18N4O4S/c22-14-3-4-18-17-21(14)10-12(11-26-17)15(23)19-5-7-20(8-6-19)16(24)13-2-1-9-25-13/h1-4,9,12H,5-8,10-11H2. The third kappa shape index (κ3) is 3.14. The number of piperazine rings is 1. The molecule has 0 radical (unpaired) electrons. The molecule has 2 aliphatic rings. The summed E-state index contributed by atoms with van der Waals surface area (Å²) in [4.78, 5) is 44.8. The Morgan fingerprint density at radius 1 is 1.15 bits per heavy atom. The molecule has 0 spiro atoms. The van der Waals surface area contributed by atoms with Crippen molar-refractivity contribution in [1.82, 2.24) is 19.4 Å². The number of rotatable bonds is 2. The Bertz CT molecular complexity index is 871. The molecule has 136 valence electrons. The molecule has 0 bridgehead atoms. The van der Waals surface area contributed by atoms with E-state index in [-0.39, 0.29) is 23.3 Å². The molecule has 1 atom stereocenters. The summed E-state index contributed by atoms with van der Waals surface area (Å²) in [6.45, 7) is 2.29. The lowest BCUT2D eigenvalue weighted by molar-refractivity contribution is -0.136. The number of carbonyl (C=O) groups is 2. The number of carbonyl (C=O) groups excluding carboxylic acids is 2. The minimum Gasteiger partial charge on any atom is -0.459 e. The number of hydrogen-bond donors (Lipinski definition) is 0. The highest BCUT2D eigenvalue weighted by Gasteiger charge is 2.32. The maximum absolute atomic E-state index is 12.8. The summed E-state index contributed by atoms with van der Waals surface area (Å²) in [6.07, 6.45) is 2.97. The lowest BCUT2D eigenvalue weighted by atomic mass is 10.1. The van der Waals surface area contributed by atoms with Gasteiger partial charge < -0.3 is 14.2 Å². The number of amides is 2. The molecule has 0 saturated carbocycles. The summed E-state index contributed by atoms with van der Waals surface area (Å²) < 4.78 is 6.71. The van der Waals surface area contributed by atoms with Gasteiger partial charge in [0, 0.05) is 50.7 Å². The molecule has 0 aliphatic carbocycles. The second-order valence-electron chi connectivity index (χ2n) is 6.28. The minimum absolute atomic E-state index is 0.0315. The van der Waals surface area contributed by atoms with E-state index in [9.17, 15) is 14.4 Å². The first-order valence-corrected chi connectivity index (χ1v) is 9.42. The lowest BCUT2D eigenvalue weighted by Crippen LogP contribution is -2.53. The molecule has 8 nitrogen and oxygen atoms in total. The van der Waals surface area contributed by atoms with E-state index in [0.717, 1.165) is 0 Å². The van der Waals surface area contributed by atoms with Crippen LogP contribution in [0.25, 0.3) is 0 Å². The Morgan fingerprint density at radius 3 is 2.65 bits per heavy atom. The fourth-order valence-electron chi connectivity index (χ4n) is 3.24. The van der Waals surface area contributed by atoms with E-state index >= 15 is 0 Å². The quantitative estimate of drug-likeness (QED) is 0.713. The van der Waals surface area contributed by atoms with Crippen molar-refractivity contribution in [2.24, 2.45) is 5.92 Å². The van der Waals surface area contributed by atoms with E-state index in [2.05, 4.69) is 4.98 Å². The van der Waals surface area contributed by atoms with Gasteiger partial charge in [0.1, 0.15) is 0 Å². The normalized spacial score (nSPS) is 19.9. The highest BCUT2D eigenvalue weighted by molar-refractivity contribution is 7.99. The minimum atomic E-state index is -0.248. The highest BCUT2D eigenvalue weighted by Crippen LogP contribution is 2.26. The third-order valence-corrected chi connectivity index (χ3v) is 5.83. The molecule has 4 heterocycles. The third-order valence-electron chi connectivity index (χ3n) is 4.68. The van der Waals surface area contributed by atoms with E-state index in [1.165, 1.54) is 30.3 Å². The van der Waals surface area contributed by atoms with Gasteiger partial charge in [-0.1, -0.05) is 11.8 Å². The molecule has 2 aromatic heterocycles. The van der Waals surface area contributed by atoms with Crippen LogP contribution in [0.1, 0.15) is 10.6 Å². The number of nitrogens with zero attached hydrogens (tertiary/aromatic N) is 4. The van der Waals surface area contributed by atoms with Crippen molar-refractivity contribution in [2.45, 2.75) is 11.7 Å². The zero-order valence-corrected chi connectivity index (χ0v) is 14.9. The fraction of sp³-hybridized carbons (Fsp3) is 0.412. The maximum Gasteiger partial charge on any atom is 0.289 e. The van der Waals surface area contributed by atoms with E-state index < -0.39 is 0 Å². The number of fused-ring (bicyclic) bond motifs is 1. The molecule has 26 heavy (non-hydrogen) atoms. The van der Waals surface area contributed by atoms with Crippen LogP contribution in [0.5, 0.6) is 0 Å². The van der Waals surface area contributed by atoms with Gasteiger partial charge in [0.05, 0.1) is 12.2 Å². The first-order chi connectivity index (χ1) is 12.6. The van der Waals surface area contributed by atoms with Gasteiger partial charge in [0.15, 0.2) is 10.9 Å². The van der Waals surface area contributed by atoms with Gasteiger partial charge in [-0.3, -0.25) is 19.0 Å². The number of aromatic nitrogens is 2. The van der Waals surface area contributed by atoms with Gasteiger partial charge in [0.25, 0.3) is 11.5 Å². The lowest BCUT2D eigenvalue weighted by Gasteiger charge is -2.36. The monoisotopic (exact) mass is 374 g/mol. The van der Waals surface area contributed by atoms with Gasteiger partial charge in [-0.25, -0.2) is 4.98 Å². The molecule has 1 unspecified atom stereocenters. The molecule has 1 fully saturated rings. The van der Waals surface area contributed by atoms with Crippen LogP contribution < -0.4 is 5.56 Å². The zero-order chi connectivity index (χ0) is 18.1. The average molecular weight is 374 g/mol. The van der Waals surface area contributed by atoms with Crippen LogP contribution in [0.3, 0.4) is 0 Å². The Morgan fingerprint density at radius 2 is 1.92 bits per heavy atom. The molecule has 1 saturated heterocycles. The Balaban J connectivity index is 1.38. The van der Waals surface area contributed by atoms with Crippen LogP contribution in [-0.2, 0) is 11.3 Å². The van der Waals surface area contributed by atoms with Crippen LogP contribution >= 0.6 is 11.8 Å². The fourth-order valence-corrected chi connectivity index (χ4v) is 4.30. The summed E-state index contributed by atoms with van der Waals surface area (Å²) in [5.41, 5.74) is -0.131. The number of thioether (sulfide) groups is 1. The molecule has 2 aliphatic heterocycles. The van der Waals surface area contributed by atoms with Gasteiger partial charge in [-0.05, 0) is 12.1 Å². The summed E-state index contributed by atoms with van der Waals surface area (Å²) in [6, 6.07) is 4.74. The van der Waals surface area contributed by atoms with Crippen molar-refractivity contribution in [2.75, 3.05) is 31.9 Å². The van der Waals surface area contributed by atoms with E-state index in [4.69, 9.17) is 4.42 Å². The molecule has 2 amide bonds. The van der Waals surface area contributed by atoms with Crippen molar-refractivity contribution in [1.29, 1.82) is 0 Å². The van der Waals surface area contributed by atoms with E-state index in [0.29, 0.717) is 49.4 Å². The molecule has 4 rings (SSSR count). The predicted octanol–water partition coefficient (Wildman–Crippen LogP) is 0.543. The van der Waals surface area contributed by atoms with E-state index in [1.54, 1.807) is 26.5 Å². The summed E-state index contributed by atoms with van der Waals surface area (Å²) in [5, 5.41) is 0.662. The van der Waals surface area contributed by atoms with Crippen molar-refractivity contribution in [3.8, 4) is 0 Å². The second kappa shape index (κ2) is 6.99. The van der Waals surface area contributed by atoms with E-state index in [1.807, 2.05) is 0 Å². The van der Waals surface area contributed by atoms with Crippen molar-refractivity contribution >= 4 is 23.6 Å². The first kappa shape index (κ1) is 16.9. The van der Waals surface area contributed by atoms with Crippen LogP contribution in [0, 0.1) is 5.92 Å². The largest absolute Gasteiger partial charge is 0.459 e. The van der Waals surface area contributed by atoms with Crippen molar-refractivity contribution in [3.63, 3.8) is 0 Å². The topological polar surface area (TPSA) is 88.7 Å². The zero-order valence-electron chi connectivity index (χ0n) is 14.0. The van der Waals surface area contributed by atoms with Gasteiger partial charge in [-0.15, -0.1) is 0 Å². The number of furan rings is 1. The predicted molar refractivity (Wildman–Crippen MR) is 93.9 cm³/mol. The van der Waals surface area contributed by atoms with Crippen LogP contribution in [0.2, 0.25) is 0 Å². The Labute approximate surface area is 153 Å². The molecule has 2 aromatic rings. The Kier molecular flexibility index (Phi) is 4.54. The summed E-state index contributed by atoms with van der Waals surface area (Å²) in [7, 11) is 0. The molecule has 0 aromatic carbocycles. The Hall–Kier alpha value is -2.55. The summed E-state index contributed by atoms with van der Waals surface area (Å²) in [5.74, 6) is 0.561. The van der Waals surface area contributed by atoms with Gasteiger partial charge >= 0.3 is 0 Å². The summed E-state index contributed by atoms with van der Waals surface area (Å²) >= 11 is 1.43. The van der Waals surface area contributed by atoms with Crippen molar-refractivity contribution < 1.29 is 14.0 Å². The average Bonchev–Trinajstić information content (AvgIpc) is 3.22. The first-order valence-electron chi connectivity index (χ1n) is 8.43. The molecule has 0 N–H and O–H groups in total.